The molecule has 1 aliphatic heterocycles. The molecule has 0 fully saturated rings. The van der Waals surface area contributed by atoms with Crippen molar-refractivity contribution in [2.24, 2.45) is 5.73 Å². The Morgan fingerprint density at radius 2 is 2.24 bits per heavy atom. The van der Waals surface area contributed by atoms with Crippen molar-refractivity contribution in [1.29, 1.82) is 0 Å². The molecule has 0 bridgehead atoms. The van der Waals surface area contributed by atoms with Gasteiger partial charge in [-0.2, -0.15) is 13.5 Å². The lowest BCUT2D eigenvalue weighted by atomic mass is 10.0. The minimum Gasteiger partial charge on any atom is -0.326 e. The van der Waals surface area contributed by atoms with Crippen LogP contribution in [-0.4, -0.2) is 25.2 Å². The zero-order valence-corrected chi connectivity index (χ0v) is 12.7. The first-order valence-corrected chi connectivity index (χ1v) is 8.32. The molecule has 21 heavy (non-hydrogen) atoms. The molecule has 0 atom stereocenters. The molecule has 7 heteroatoms. The van der Waals surface area contributed by atoms with E-state index in [2.05, 4.69) is 10.2 Å². The molecule has 112 valence electrons. The number of fused-ring (bicyclic) bond motifs is 1. The maximum absolute atomic E-state index is 12.9. The third kappa shape index (κ3) is 2.32. The Labute approximate surface area is 124 Å². The Morgan fingerprint density at radius 3 is 3.00 bits per heavy atom. The molecular weight excluding hydrogens is 288 g/mol. The normalized spacial score (nSPS) is 15.0. The van der Waals surface area contributed by atoms with Crippen molar-refractivity contribution < 1.29 is 8.42 Å². The minimum absolute atomic E-state index is 0.0958. The number of aromatic amines is 1. The van der Waals surface area contributed by atoms with E-state index >= 15 is 0 Å². The van der Waals surface area contributed by atoms with Crippen LogP contribution < -0.4 is 10.0 Å². The van der Waals surface area contributed by atoms with Crippen LogP contribution in [-0.2, 0) is 23.0 Å². The van der Waals surface area contributed by atoms with Gasteiger partial charge in [-0.1, -0.05) is 17.7 Å². The molecule has 0 amide bonds. The number of nitrogens with one attached hydrogen (secondary N) is 1. The molecule has 0 saturated heterocycles. The number of benzene rings is 1. The summed E-state index contributed by atoms with van der Waals surface area (Å²) in [5.74, 6) is 0. The number of sulfonamides is 1. The van der Waals surface area contributed by atoms with Crippen LogP contribution >= 0.6 is 0 Å². The Bertz CT molecular complexity index is 767. The highest BCUT2D eigenvalue weighted by Crippen LogP contribution is 2.32. The number of nitrogens with zero attached hydrogens (tertiary/aromatic N) is 2. The Hall–Kier alpha value is -1.86. The summed E-state index contributed by atoms with van der Waals surface area (Å²) in [6.07, 6.45) is 3.17. The van der Waals surface area contributed by atoms with Crippen LogP contribution in [0.5, 0.6) is 0 Å². The lowest BCUT2D eigenvalue weighted by Crippen LogP contribution is -2.36. The Kier molecular flexibility index (Phi) is 3.46. The summed E-state index contributed by atoms with van der Waals surface area (Å²) in [5, 5.41) is 6.49. The van der Waals surface area contributed by atoms with Crippen LogP contribution in [0.25, 0.3) is 0 Å². The van der Waals surface area contributed by atoms with Gasteiger partial charge in [-0.05, 0) is 31.4 Å². The largest absolute Gasteiger partial charge is 0.326 e. The summed E-state index contributed by atoms with van der Waals surface area (Å²) in [4.78, 5) is 0. The summed E-state index contributed by atoms with van der Waals surface area (Å²) in [6, 6.07) is 5.86. The van der Waals surface area contributed by atoms with E-state index in [1.165, 1.54) is 10.5 Å². The predicted molar refractivity (Wildman–Crippen MR) is 80.5 cm³/mol. The Morgan fingerprint density at radius 1 is 1.43 bits per heavy atom. The molecular formula is C14H18N4O2S. The SMILES string of the molecule is Cc1ccc2c(c1)CCCN2S(=O)(=O)c1[nH]ncc1CN. The second kappa shape index (κ2) is 5.16. The van der Waals surface area contributed by atoms with Crippen LogP contribution in [0.2, 0.25) is 0 Å². The maximum Gasteiger partial charge on any atom is 0.281 e. The van der Waals surface area contributed by atoms with Gasteiger partial charge in [0.2, 0.25) is 0 Å². The topological polar surface area (TPSA) is 92.1 Å². The standard InChI is InChI=1S/C14H18N4O2S/c1-10-4-5-13-11(7-10)3-2-6-18(13)21(19,20)14-12(8-15)9-16-17-14/h4-5,7,9H,2-3,6,8,15H2,1H3,(H,16,17). The van der Waals surface area contributed by atoms with Crippen molar-refractivity contribution in [3.8, 4) is 0 Å². The molecule has 1 aliphatic rings. The van der Waals surface area contributed by atoms with Gasteiger partial charge in [0.05, 0.1) is 11.9 Å². The monoisotopic (exact) mass is 306 g/mol. The second-order valence-corrected chi connectivity index (χ2v) is 7.04. The van der Waals surface area contributed by atoms with E-state index in [0.29, 0.717) is 12.1 Å². The van der Waals surface area contributed by atoms with Gasteiger partial charge in [-0.15, -0.1) is 0 Å². The molecule has 0 saturated carbocycles. The highest BCUT2D eigenvalue weighted by molar-refractivity contribution is 7.92. The third-order valence-corrected chi connectivity index (χ3v) is 5.59. The average Bonchev–Trinajstić information content (AvgIpc) is 2.95. The van der Waals surface area contributed by atoms with Crippen LogP contribution in [0.15, 0.2) is 29.4 Å². The van der Waals surface area contributed by atoms with Gasteiger partial charge in [0.1, 0.15) is 0 Å². The van der Waals surface area contributed by atoms with Crippen molar-refractivity contribution in [3.05, 3.63) is 41.1 Å². The van der Waals surface area contributed by atoms with E-state index in [4.69, 9.17) is 5.73 Å². The maximum atomic E-state index is 12.9. The Balaban J connectivity index is 2.10. The first-order valence-electron chi connectivity index (χ1n) is 6.88. The predicted octanol–water partition coefficient (Wildman–Crippen LogP) is 1.32. The van der Waals surface area contributed by atoms with Crippen molar-refractivity contribution >= 4 is 15.7 Å². The zero-order chi connectivity index (χ0) is 15.0. The molecule has 1 aromatic heterocycles. The van der Waals surface area contributed by atoms with Gasteiger partial charge in [0, 0.05) is 18.7 Å². The van der Waals surface area contributed by atoms with Crippen molar-refractivity contribution in [3.63, 3.8) is 0 Å². The van der Waals surface area contributed by atoms with Crippen LogP contribution in [0.1, 0.15) is 23.1 Å². The smallest absolute Gasteiger partial charge is 0.281 e. The summed E-state index contributed by atoms with van der Waals surface area (Å²) in [6.45, 7) is 2.62. The fourth-order valence-electron chi connectivity index (χ4n) is 2.72. The fraction of sp³-hybridized carbons (Fsp3) is 0.357. The van der Waals surface area contributed by atoms with Gasteiger partial charge in [-0.3, -0.25) is 9.40 Å². The number of hydrogen-bond acceptors (Lipinski definition) is 4. The third-order valence-electron chi connectivity index (χ3n) is 3.76. The molecule has 0 spiro atoms. The van der Waals surface area contributed by atoms with E-state index < -0.39 is 10.0 Å². The number of rotatable bonds is 3. The van der Waals surface area contributed by atoms with Gasteiger partial charge < -0.3 is 5.73 Å². The summed E-state index contributed by atoms with van der Waals surface area (Å²) < 4.78 is 27.2. The first-order chi connectivity index (χ1) is 10.0. The first kappa shape index (κ1) is 14.1. The van der Waals surface area contributed by atoms with Gasteiger partial charge >= 0.3 is 0 Å². The van der Waals surface area contributed by atoms with E-state index in [0.717, 1.165) is 29.7 Å². The van der Waals surface area contributed by atoms with E-state index in [1.54, 1.807) is 0 Å². The van der Waals surface area contributed by atoms with E-state index in [9.17, 15) is 8.42 Å². The number of aryl methyl sites for hydroxylation is 2. The van der Waals surface area contributed by atoms with E-state index in [-0.39, 0.29) is 11.6 Å². The number of hydrogen-bond donors (Lipinski definition) is 2. The summed E-state index contributed by atoms with van der Waals surface area (Å²) in [7, 11) is -3.65. The number of H-pyrrole nitrogens is 1. The number of nitrogens with two attached hydrogens (primary N) is 1. The lowest BCUT2D eigenvalue weighted by molar-refractivity contribution is 0.581. The molecule has 2 heterocycles. The van der Waals surface area contributed by atoms with Gasteiger partial charge in [0.15, 0.2) is 5.03 Å². The van der Waals surface area contributed by atoms with Crippen LogP contribution in [0.3, 0.4) is 0 Å². The van der Waals surface area contributed by atoms with Gasteiger partial charge in [0.25, 0.3) is 10.0 Å². The number of anilines is 1. The van der Waals surface area contributed by atoms with Crippen LogP contribution in [0, 0.1) is 6.92 Å². The molecule has 1 aromatic carbocycles. The zero-order valence-electron chi connectivity index (χ0n) is 11.8. The molecule has 0 unspecified atom stereocenters. The molecule has 0 aliphatic carbocycles. The van der Waals surface area contributed by atoms with Gasteiger partial charge in [-0.25, -0.2) is 0 Å². The summed E-state index contributed by atoms with van der Waals surface area (Å²) >= 11 is 0. The molecule has 6 nitrogen and oxygen atoms in total. The molecule has 3 rings (SSSR count). The van der Waals surface area contributed by atoms with E-state index in [1.807, 2.05) is 25.1 Å². The quantitative estimate of drug-likeness (QED) is 0.894. The highest BCUT2D eigenvalue weighted by atomic mass is 32.2. The van der Waals surface area contributed by atoms with Crippen LogP contribution in [0.4, 0.5) is 5.69 Å². The second-order valence-electron chi connectivity index (χ2n) is 5.24. The minimum atomic E-state index is -3.65. The highest BCUT2D eigenvalue weighted by Gasteiger charge is 2.31. The molecule has 3 N–H and O–H groups in total. The molecule has 2 aromatic rings. The van der Waals surface area contributed by atoms with Crippen molar-refractivity contribution in [1.82, 2.24) is 10.2 Å². The van der Waals surface area contributed by atoms with Crippen molar-refractivity contribution in [2.75, 3.05) is 10.8 Å². The fourth-order valence-corrected chi connectivity index (χ4v) is 4.38. The summed E-state index contributed by atoms with van der Waals surface area (Å²) in [5.41, 5.74) is 9.06. The lowest BCUT2D eigenvalue weighted by Gasteiger charge is -2.30. The molecule has 0 radical (unpaired) electrons. The average molecular weight is 306 g/mol. The number of aromatic nitrogens is 2. The van der Waals surface area contributed by atoms with Crippen molar-refractivity contribution in [2.45, 2.75) is 31.3 Å².